The smallest absolute Gasteiger partial charge is 0.325 e. The van der Waals surface area contributed by atoms with Crippen LogP contribution in [0, 0.1) is 5.41 Å². The highest BCUT2D eigenvalue weighted by molar-refractivity contribution is 7.80. The molecule has 0 aromatic heterocycles. The Balaban J connectivity index is 5.28. The van der Waals surface area contributed by atoms with Crippen LogP contribution in [0.4, 0.5) is 0 Å². The molecule has 0 aromatic carbocycles. The highest BCUT2D eigenvalue weighted by Gasteiger charge is 2.39. The fourth-order valence-corrected chi connectivity index (χ4v) is 1.65. The van der Waals surface area contributed by atoms with Gasteiger partial charge in [0.2, 0.25) is 5.91 Å². The minimum Gasteiger partial charge on any atom is -0.468 e. The van der Waals surface area contributed by atoms with Crippen LogP contribution in [0.3, 0.4) is 0 Å². The van der Waals surface area contributed by atoms with Gasteiger partial charge in [0.25, 0.3) is 0 Å². The van der Waals surface area contributed by atoms with E-state index in [1.54, 1.807) is 13.8 Å². The van der Waals surface area contributed by atoms with E-state index in [0.717, 1.165) is 4.90 Å². The summed E-state index contributed by atoms with van der Waals surface area (Å²) in [5, 5.41) is 0. The molecule has 0 heterocycles. The lowest BCUT2D eigenvalue weighted by Crippen LogP contribution is -2.51. The van der Waals surface area contributed by atoms with Crippen molar-refractivity contribution in [1.29, 1.82) is 0 Å². The summed E-state index contributed by atoms with van der Waals surface area (Å²) >= 11 is 4.91. The number of methoxy groups -OCH3 is 2. The van der Waals surface area contributed by atoms with Crippen LogP contribution in [0.2, 0.25) is 0 Å². The number of nitrogens with zero attached hydrogens (tertiary/aromatic N) is 1. The van der Waals surface area contributed by atoms with E-state index in [0.29, 0.717) is 6.42 Å². The largest absolute Gasteiger partial charge is 0.468 e. The van der Waals surface area contributed by atoms with Gasteiger partial charge in [-0.1, -0.05) is 19.1 Å². The van der Waals surface area contributed by atoms with Gasteiger partial charge in [0.15, 0.2) is 0 Å². The summed E-state index contributed by atoms with van der Waals surface area (Å²) in [5.41, 5.74) is 4.47. The Morgan fingerprint density at radius 2 is 1.55 bits per heavy atom. The van der Waals surface area contributed by atoms with E-state index in [-0.39, 0.29) is 18.1 Å². The predicted octanol–water partition coefficient (Wildman–Crippen LogP) is -0.137. The summed E-state index contributed by atoms with van der Waals surface area (Å²) in [5.74, 6) is -1.81. The number of amides is 1. The number of thiocarbonyl (C=S) groups is 1. The van der Waals surface area contributed by atoms with Crippen molar-refractivity contribution in [2.24, 2.45) is 11.1 Å². The molecule has 0 aromatic rings. The van der Waals surface area contributed by atoms with Gasteiger partial charge in [0.05, 0.1) is 24.6 Å². The Bertz CT molecular complexity index is 395. The van der Waals surface area contributed by atoms with Gasteiger partial charge in [-0.2, -0.15) is 0 Å². The first-order chi connectivity index (χ1) is 9.22. The molecule has 2 N–H and O–H groups in total. The molecule has 0 rings (SSSR count). The number of ether oxygens (including phenoxy) is 2. The summed E-state index contributed by atoms with van der Waals surface area (Å²) in [6, 6.07) is 0. The zero-order chi connectivity index (χ0) is 15.9. The van der Waals surface area contributed by atoms with Crippen LogP contribution >= 0.6 is 12.2 Å². The van der Waals surface area contributed by atoms with Crippen molar-refractivity contribution in [2.75, 3.05) is 27.3 Å². The van der Waals surface area contributed by atoms with Crippen molar-refractivity contribution in [3.8, 4) is 0 Å². The lowest BCUT2D eigenvalue weighted by Gasteiger charge is -2.31. The zero-order valence-corrected chi connectivity index (χ0v) is 12.9. The van der Waals surface area contributed by atoms with Crippen molar-refractivity contribution >= 4 is 35.1 Å². The maximum absolute atomic E-state index is 12.5. The summed E-state index contributed by atoms with van der Waals surface area (Å²) < 4.78 is 9.01. The molecule has 20 heavy (non-hydrogen) atoms. The molecule has 0 fully saturated rings. The molecule has 0 aliphatic carbocycles. The SMILES string of the molecule is CCC(C)(C(=O)N(CC(=O)OC)CC(=O)OC)C(N)=S. The molecule has 7 nitrogen and oxygen atoms in total. The van der Waals surface area contributed by atoms with E-state index in [4.69, 9.17) is 18.0 Å². The highest BCUT2D eigenvalue weighted by Crippen LogP contribution is 2.24. The molecule has 0 spiro atoms. The van der Waals surface area contributed by atoms with Gasteiger partial charge < -0.3 is 20.1 Å². The number of nitrogens with two attached hydrogens (primary N) is 1. The van der Waals surface area contributed by atoms with Gasteiger partial charge in [-0.25, -0.2) is 0 Å². The van der Waals surface area contributed by atoms with E-state index >= 15 is 0 Å². The number of rotatable bonds is 7. The van der Waals surface area contributed by atoms with E-state index < -0.39 is 23.3 Å². The molecule has 0 aliphatic heterocycles. The number of esters is 2. The Morgan fingerprint density at radius 1 is 1.15 bits per heavy atom. The maximum atomic E-state index is 12.5. The van der Waals surface area contributed by atoms with Crippen LogP contribution in [0.15, 0.2) is 0 Å². The second-order valence-electron chi connectivity index (χ2n) is 4.36. The number of hydrogen-bond donors (Lipinski definition) is 1. The van der Waals surface area contributed by atoms with Crippen LogP contribution in [-0.2, 0) is 23.9 Å². The zero-order valence-electron chi connectivity index (χ0n) is 12.1. The van der Waals surface area contributed by atoms with Crippen LogP contribution < -0.4 is 5.73 Å². The van der Waals surface area contributed by atoms with Gasteiger partial charge >= 0.3 is 11.9 Å². The topological polar surface area (TPSA) is 98.9 Å². The molecular weight excluding hydrogens is 284 g/mol. The Kier molecular flexibility index (Phi) is 7.12. The normalized spacial score (nSPS) is 13.0. The van der Waals surface area contributed by atoms with Gasteiger partial charge in [0, 0.05) is 0 Å². The number of hydrogen-bond acceptors (Lipinski definition) is 6. The molecular formula is C12H20N2O5S. The molecule has 0 radical (unpaired) electrons. The molecule has 0 saturated heterocycles. The minimum absolute atomic E-state index is 0.00438. The summed E-state index contributed by atoms with van der Waals surface area (Å²) in [4.78, 5) is 36.2. The van der Waals surface area contributed by atoms with Crippen molar-refractivity contribution in [1.82, 2.24) is 4.90 Å². The first-order valence-electron chi connectivity index (χ1n) is 5.95. The van der Waals surface area contributed by atoms with Gasteiger partial charge in [-0.3, -0.25) is 14.4 Å². The molecule has 114 valence electrons. The monoisotopic (exact) mass is 304 g/mol. The second kappa shape index (κ2) is 7.78. The Hall–Kier alpha value is -1.70. The van der Waals surface area contributed by atoms with Crippen LogP contribution in [0.25, 0.3) is 0 Å². The fourth-order valence-electron chi connectivity index (χ4n) is 1.42. The third-order valence-electron chi connectivity index (χ3n) is 3.11. The third kappa shape index (κ3) is 4.44. The molecule has 1 unspecified atom stereocenters. The van der Waals surface area contributed by atoms with E-state index in [2.05, 4.69) is 9.47 Å². The number of carbonyl (C=O) groups excluding carboxylic acids is 3. The van der Waals surface area contributed by atoms with Crippen molar-refractivity contribution in [2.45, 2.75) is 20.3 Å². The fraction of sp³-hybridized carbons (Fsp3) is 0.667. The standard InChI is InChI=1S/C12H20N2O5S/c1-5-12(2,10(13)20)11(17)14(6-8(15)18-3)7-9(16)19-4/h5-7H2,1-4H3,(H2,13,20). The lowest BCUT2D eigenvalue weighted by atomic mass is 9.85. The summed E-state index contributed by atoms with van der Waals surface area (Å²) in [6.07, 6.45) is 0.347. The van der Waals surface area contributed by atoms with Crippen molar-refractivity contribution in [3.63, 3.8) is 0 Å². The van der Waals surface area contributed by atoms with Gasteiger partial charge in [-0.05, 0) is 13.3 Å². The summed E-state index contributed by atoms with van der Waals surface area (Å²) in [7, 11) is 2.38. The van der Waals surface area contributed by atoms with Gasteiger partial charge in [0.1, 0.15) is 13.1 Å². The van der Waals surface area contributed by atoms with Crippen LogP contribution in [0.5, 0.6) is 0 Å². The predicted molar refractivity (Wildman–Crippen MR) is 75.8 cm³/mol. The summed E-state index contributed by atoms with van der Waals surface area (Å²) in [6.45, 7) is 2.57. The van der Waals surface area contributed by atoms with Crippen molar-refractivity contribution in [3.05, 3.63) is 0 Å². The molecule has 0 aliphatic rings. The minimum atomic E-state index is -1.13. The quantitative estimate of drug-likeness (QED) is 0.516. The van der Waals surface area contributed by atoms with E-state index in [9.17, 15) is 14.4 Å². The van der Waals surface area contributed by atoms with Gasteiger partial charge in [-0.15, -0.1) is 0 Å². The molecule has 1 atom stereocenters. The second-order valence-corrected chi connectivity index (χ2v) is 4.80. The van der Waals surface area contributed by atoms with Crippen LogP contribution in [-0.4, -0.2) is 55.0 Å². The molecule has 1 amide bonds. The number of carbonyl (C=O) groups is 3. The Labute approximate surface area is 123 Å². The lowest BCUT2D eigenvalue weighted by molar-refractivity contribution is -0.154. The van der Waals surface area contributed by atoms with Crippen LogP contribution in [0.1, 0.15) is 20.3 Å². The molecule has 8 heteroatoms. The van der Waals surface area contributed by atoms with E-state index in [1.165, 1.54) is 14.2 Å². The van der Waals surface area contributed by atoms with E-state index in [1.807, 2.05) is 0 Å². The average molecular weight is 304 g/mol. The average Bonchev–Trinajstić information content (AvgIpc) is 2.43. The van der Waals surface area contributed by atoms with Crippen molar-refractivity contribution < 1.29 is 23.9 Å². The first-order valence-corrected chi connectivity index (χ1v) is 6.36. The highest BCUT2D eigenvalue weighted by atomic mass is 32.1. The maximum Gasteiger partial charge on any atom is 0.325 e. The third-order valence-corrected chi connectivity index (χ3v) is 3.56. The molecule has 0 saturated carbocycles. The Morgan fingerprint density at radius 3 is 1.80 bits per heavy atom. The molecule has 0 bridgehead atoms. The first kappa shape index (κ1) is 18.3.